The van der Waals surface area contributed by atoms with E-state index in [0.717, 1.165) is 0 Å². The third kappa shape index (κ3) is 5.71. The fraction of sp³-hybridized carbons (Fsp3) is 0.455. The zero-order valence-electron chi connectivity index (χ0n) is 7.71. The molecule has 0 aliphatic rings. The van der Waals surface area contributed by atoms with Crippen molar-refractivity contribution in [3.8, 4) is 0 Å². The van der Waals surface area contributed by atoms with E-state index in [4.69, 9.17) is 0 Å². The van der Waals surface area contributed by atoms with Crippen LogP contribution in [0.1, 0.15) is 19.3 Å². The first-order chi connectivity index (χ1) is 6.43. The van der Waals surface area contributed by atoms with Crippen molar-refractivity contribution in [3.63, 3.8) is 0 Å². The van der Waals surface area contributed by atoms with E-state index in [0.29, 0.717) is 15.0 Å². The molecule has 72 valence electrons. The molecule has 0 atom stereocenters. The van der Waals surface area contributed by atoms with Gasteiger partial charge in [0.1, 0.15) is 0 Å². The fourth-order valence-corrected chi connectivity index (χ4v) is 3.58. The Balaban J connectivity index is 2.07. The van der Waals surface area contributed by atoms with E-state index in [9.17, 15) is 0 Å². The van der Waals surface area contributed by atoms with Gasteiger partial charge in [-0.1, -0.05) is 0 Å². The number of rotatable bonds is 6. The van der Waals surface area contributed by atoms with Crippen molar-refractivity contribution >= 4 is 42.0 Å². The second-order valence-electron chi connectivity index (χ2n) is 2.91. The third-order valence-corrected chi connectivity index (χ3v) is 4.86. The van der Waals surface area contributed by atoms with Gasteiger partial charge in [0, 0.05) is 0 Å². The Morgan fingerprint density at radius 1 is 1.00 bits per heavy atom. The van der Waals surface area contributed by atoms with Crippen LogP contribution < -0.4 is 4.46 Å². The van der Waals surface area contributed by atoms with Crippen LogP contribution >= 0.6 is 22.6 Å². The van der Waals surface area contributed by atoms with Gasteiger partial charge in [0.2, 0.25) is 0 Å². The molecule has 0 N–H and O–H groups in total. The summed E-state index contributed by atoms with van der Waals surface area (Å²) in [6.45, 7) is 0. The van der Waals surface area contributed by atoms with E-state index >= 15 is 0 Å². The standard InChI is InChI=1S/C11H15ISe/c12-9-5-2-6-10-13-11-7-3-1-4-8-11/h1,3-4,7-8H,2,5-6,9-10H2. The average molecular weight is 353 g/mol. The van der Waals surface area contributed by atoms with Crippen molar-refractivity contribution in [1.82, 2.24) is 0 Å². The van der Waals surface area contributed by atoms with Crippen molar-refractivity contribution < 1.29 is 0 Å². The van der Waals surface area contributed by atoms with E-state index in [1.54, 1.807) is 4.46 Å². The predicted octanol–water partition coefficient (Wildman–Crippen LogP) is 3.04. The summed E-state index contributed by atoms with van der Waals surface area (Å²) in [5.41, 5.74) is 0. The molecule has 0 amide bonds. The molecule has 1 aromatic carbocycles. The summed E-state index contributed by atoms with van der Waals surface area (Å²) in [5, 5.41) is 1.41. The molecular weight excluding hydrogens is 338 g/mol. The predicted molar refractivity (Wildman–Crippen MR) is 69.4 cm³/mol. The molecular formula is C11H15ISe. The van der Waals surface area contributed by atoms with Gasteiger partial charge in [0.25, 0.3) is 0 Å². The van der Waals surface area contributed by atoms with Crippen molar-refractivity contribution in [1.29, 1.82) is 0 Å². The normalized spacial score (nSPS) is 10.2. The molecule has 0 saturated carbocycles. The Labute approximate surface area is 101 Å². The zero-order valence-corrected chi connectivity index (χ0v) is 11.6. The number of unbranched alkanes of at least 4 members (excludes halogenated alkanes) is 2. The Morgan fingerprint density at radius 2 is 1.77 bits per heavy atom. The van der Waals surface area contributed by atoms with Crippen LogP contribution in [0.4, 0.5) is 0 Å². The van der Waals surface area contributed by atoms with Crippen LogP contribution in [0.5, 0.6) is 0 Å². The van der Waals surface area contributed by atoms with E-state index in [1.165, 1.54) is 29.0 Å². The molecule has 0 aliphatic carbocycles. The van der Waals surface area contributed by atoms with E-state index < -0.39 is 0 Å². The van der Waals surface area contributed by atoms with Crippen LogP contribution in [0.15, 0.2) is 30.3 Å². The van der Waals surface area contributed by atoms with E-state index in [1.807, 2.05) is 0 Å². The SMILES string of the molecule is ICCCCC[Se]c1ccccc1. The molecule has 0 fully saturated rings. The van der Waals surface area contributed by atoms with Gasteiger partial charge >= 0.3 is 101 Å². The summed E-state index contributed by atoms with van der Waals surface area (Å²) in [5.74, 6) is 0. The first kappa shape index (κ1) is 11.5. The number of hydrogen-bond acceptors (Lipinski definition) is 0. The topological polar surface area (TPSA) is 0 Å². The minimum atomic E-state index is 0.715. The second kappa shape index (κ2) is 7.83. The monoisotopic (exact) mass is 354 g/mol. The molecule has 0 spiro atoms. The molecule has 0 aromatic heterocycles. The molecule has 0 nitrogen and oxygen atoms in total. The van der Waals surface area contributed by atoms with Gasteiger partial charge in [0.05, 0.1) is 0 Å². The molecule has 0 saturated heterocycles. The van der Waals surface area contributed by atoms with Crippen molar-refractivity contribution in [2.45, 2.75) is 24.6 Å². The molecule has 0 heterocycles. The zero-order chi connectivity index (χ0) is 9.36. The minimum absolute atomic E-state index is 0.715. The van der Waals surface area contributed by atoms with Crippen LogP contribution in [0.3, 0.4) is 0 Å². The van der Waals surface area contributed by atoms with Gasteiger partial charge in [-0.15, -0.1) is 0 Å². The van der Waals surface area contributed by atoms with Gasteiger partial charge in [-0.3, -0.25) is 0 Å². The van der Waals surface area contributed by atoms with Gasteiger partial charge in [-0.25, -0.2) is 0 Å². The third-order valence-electron chi connectivity index (χ3n) is 1.79. The Kier molecular flexibility index (Phi) is 6.96. The van der Waals surface area contributed by atoms with Gasteiger partial charge < -0.3 is 0 Å². The summed E-state index contributed by atoms with van der Waals surface area (Å²) in [4.78, 5) is 0. The Morgan fingerprint density at radius 3 is 2.46 bits per heavy atom. The number of alkyl halides is 1. The maximum atomic E-state index is 2.46. The summed E-state index contributed by atoms with van der Waals surface area (Å²) in [6, 6.07) is 10.9. The molecule has 0 radical (unpaired) electrons. The van der Waals surface area contributed by atoms with E-state index in [-0.39, 0.29) is 0 Å². The Bertz CT molecular complexity index is 211. The van der Waals surface area contributed by atoms with Crippen LogP contribution in [0, 0.1) is 0 Å². The maximum absolute atomic E-state index is 2.46. The van der Waals surface area contributed by atoms with Crippen molar-refractivity contribution in [2.24, 2.45) is 0 Å². The number of halogens is 1. The van der Waals surface area contributed by atoms with Crippen LogP contribution in [0.2, 0.25) is 5.32 Å². The number of hydrogen-bond donors (Lipinski definition) is 0. The molecule has 0 bridgehead atoms. The molecule has 0 unspecified atom stereocenters. The first-order valence-electron chi connectivity index (χ1n) is 4.67. The molecule has 1 aromatic rings. The quantitative estimate of drug-likeness (QED) is 0.319. The number of benzene rings is 1. The van der Waals surface area contributed by atoms with Crippen LogP contribution in [0.25, 0.3) is 0 Å². The first-order valence-corrected chi connectivity index (χ1v) is 8.26. The summed E-state index contributed by atoms with van der Waals surface area (Å²) >= 11 is 3.17. The fourth-order valence-electron chi connectivity index (χ4n) is 1.08. The van der Waals surface area contributed by atoms with E-state index in [2.05, 4.69) is 52.9 Å². The van der Waals surface area contributed by atoms with Gasteiger partial charge in [0.15, 0.2) is 0 Å². The van der Waals surface area contributed by atoms with Crippen molar-refractivity contribution in [2.75, 3.05) is 4.43 Å². The Hall–Kier alpha value is 0.469. The van der Waals surface area contributed by atoms with Crippen LogP contribution in [-0.4, -0.2) is 19.4 Å². The molecule has 13 heavy (non-hydrogen) atoms. The van der Waals surface area contributed by atoms with Crippen molar-refractivity contribution in [3.05, 3.63) is 30.3 Å². The summed E-state index contributed by atoms with van der Waals surface area (Å²) < 4.78 is 2.86. The molecule has 0 aliphatic heterocycles. The van der Waals surface area contributed by atoms with Gasteiger partial charge in [-0.05, 0) is 0 Å². The summed E-state index contributed by atoms with van der Waals surface area (Å²) in [6.07, 6.45) is 4.22. The average Bonchev–Trinajstić information content (AvgIpc) is 2.19. The van der Waals surface area contributed by atoms with Gasteiger partial charge in [-0.2, -0.15) is 0 Å². The second-order valence-corrected chi connectivity index (χ2v) is 6.44. The molecule has 2 heteroatoms. The summed E-state index contributed by atoms with van der Waals surface area (Å²) in [7, 11) is 0. The molecule has 1 rings (SSSR count). The van der Waals surface area contributed by atoms with Crippen LogP contribution in [-0.2, 0) is 0 Å².